The number of aromatic nitrogens is 2. The van der Waals surface area contributed by atoms with E-state index in [4.69, 9.17) is 5.14 Å². The van der Waals surface area contributed by atoms with Gasteiger partial charge >= 0.3 is 0 Å². The molecule has 0 spiro atoms. The third-order valence-corrected chi connectivity index (χ3v) is 4.88. The number of sulfonamides is 1. The van der Waals surface area contributed by atoms with Gasteiger partial charge in [0.25, 0.3) is 5.91 Å². The monoisotopic (exact) mass is 408 g/mol. The topological polar surface area (TPSA) is 107 Å². The van der Waals surface area contributed by atoms with Crippen LogP contribution < -0.4 is 10.5 Å². The molecule has 0 aliphatic carbocycles. The first kappa shape index (κ1) is 16.6. The van der Waals surface area contributed by atoms with E-state index in [0.717, 1.165) is 0 Å². The van der Waals surface area contributed by atoms with Crippen molar-refractivity contribution in [1.82, 2.24) is 9.55 Å². The molecular formula is C15H13BrN4O3S. The second-order valence-corrected chi connectivity index (χ2v) is 7.54. The number of nitrogens with zero attached hydrogens (tertiary/aromatic N) is 2. The maximum atomic E-state index is 12.3. The number of nitrogens with one attached hydrogen (secondary N) is 1. The normalized spacial score (nSPS) is 11.6. The second kappa shape index (κ2) is 6.00. The number of hydrogen-bond donors (Lipinski definition) is 2. The van der Waals surface area contributed by atoms with Crippen molar-refractivity contribution >= 4 is 48.5 Å². The van der Waals surface area contributed by atoms with Crippen molar-refractivity contribution < 1.29 is 13.2 Å². The van der Waals surface area contributed by atoms with Gasteiger partial charge in [0.15, 0.2) is 0 Å². The molecule has 3 N–H and O–H groups in total. The van der Waals surface area contributed by atoms with Crippen LogP contribution in [-0.4, -0.2) is 23.9 Å². The van der Waals surface area contributed by atoms with Crippen LogP contribution in [-0.2, 0) is 17.1 Å². The maximum Gasteiger partial charge on any atom is 0.255 e. The van der Waals surface area contributed by atoms with Crippen LogP contribution in [0.4, 0.5) is 5.69 Å². The van der Waals surface area contributed by atoms with Crippen molar-refractivity contribution in [2.24, 2.45) is 12.2 Å². The Kier molecular flexibility index (Phi) is 4.16. The van der Waals surface area contributed by atoms with Gasteiger partial charge in [-0.1, -0.05) is 0 Å². The minimum atomic E-state index is -3.86. The van der Waals surface area contributed by atoms with E-state index in [9.17, 15) is 13.2 Å². The summed E-state index contributed by atoms with van der Waals surface area (Å²) in [5.74, 6) is -0.328. The van der Waals surface area contributed by atoms with Gasteiger partial charge in [-0.05, 0) is 46.3 Å². The Morgan fingerprint density at radius 1 is 1.29 bits per heavy atom. The van der Waals surface area contributed by atoms with E-state index in [0.29, 0.717) is 26.8 Å². The third-order valence-electron chi connectivity index (χ3n) is 3.51. The summed E-state index contributed by atoms with van der Waals surface area (Å²) in [5, 5.41) is 8.44. The molecule has 124 valence electrons. The van der Waals surface area contributed by atoms with E-state index < -0.39 is 10.0 Å². The zero-order valence-corrected chi connectivity index (χ0v) is 14.9. The zero-order valence-electron chi connectivity index (χ0n) is 12.5. The maximum absolute atomic E-state index is 12.3. The first-order valence-corrected chi connectivity index (χ1v) is 9.14. The summed E-state index contributed by atoms with van der Waals surface area (Å²) in [6, 6.07) is 8.18. The van der Waals surface area contributed by atoms with Crippen LogP contribution >= 0.6 is 15.9 Å². The first-order chi connectivity index (χ1) is 11.3. The summed E-state index contributed by atoms with van der Waals surface area (Å²) >= 11 is 3.21. The lowest BCUT2D eigenvalue weighted by Crippen LogP contribution is -2.13. The Balaban J connectivity index is 2.00. The van der Waals surface area contributed by atoms with Crippen LogP contribution in [0.2, 0.25) is 0 Å². The fourth-order valence-corrected chi connectivity index (χ4v) is 3.55. The fourth-order valence-electron chi connectivity index (χ4n) is 2.41. The van der Waals surface area contributed by atoms with E-state index in [1.807, 2.05) is 0 Å². The van der Waals surface area contributed by atoms with Crippen LogP contribution in [0, 0.1) is 0 Å². The van der Waals surface area contributed by atoms with E-state index in [-0.39, 0.29) is 10.8 Å². The molecule has 9 heteroatoms. The summed E-state index contributed by atoms with van der Waals surface area (Å²) in [5.41, 5.74) is 1.59. The lowest BCUT2D eigenvalue weighted by Gasteiger charge is -2.06. The third kappa shape index (κ3) is 3.18. The van der Waals surface area contributed by atoms with Crippen molar-refractivity contribution in [3.63, 3.8) is 0 Å². The van der Waals surface area contributed by atoms with E-state index in [1.54, 1.807) is 41.9 Å². The van der Waals surface area contributed by atoms with Gasteiger partial charge in [0.05, 0.1) is 0 Å². The average Bonchev–Trinajstić information content (AvgIpc) is 2.84. The highest BCUT2D eigenvalue weighted by molar-refractivity contribution is 9.10. The number of benzene rings is 1. The quantitative estimate of drug-likeness (QED) is 0.647. The molecule has 0 saturated heterocycles. The minimum absolute atomic E-state index is 0.0164. The molecule has 3 rings (SSSR count). The van der Waals surface area contributed by atoms with Gasteiger partial charge in [-0.15, -0.1) is 0 Å². The molecule has 0 aliphatic rings. The Morgan fingerprint density at radius 3 is 2.71 bits per heavy atom. The van der Waals surface area contributed by atoms with Gasteiger partial charge in [0.1, 0.15) is 9.50 Å². The SMILES string of the molecule is Cn1cc(S(N)(=O)=O)c2cc(NC(=O)c3ccnc(Br)c3)ccc21. The van der Waals surface area contributed by atoms with E-state index in [2.05, 4.69) is 26.2 Å². The van der Waals surface area contributed by atoms with Gasteiger partial charge in [-0.25, -0.2) is 18.5 Å². The molecule has 2 heterocycles. The second-order valence-electron chi connectivity index (χ2n) is 5.20. The molecule has 0 unspecified atom stereocenters. The molecule has 3 aromatic rings. The molecule has 7 nitrogen and oxygen atoms in total. The standard InChI is InChI=1S/C15H13BrN4O3S/c1-20-8-13(24(17,22)23)11-7-10(2-3-12(11)20)19-15(21)9-4-5-18-14(16)6-9/h2-8H,1H3,(H,19,21)(H2,17,22,23). The predicted molar refractivity (Wildman–Crippen MR) is 94.2 cm³/mol. The first-order valence-electron chi connectivity index (χ1n) is 6.80. The van der Waals surface area contributed by atoms with Crippen molar-refractivity contribution in [1.29, 1.82) is 0 Å². The Bertz CT molecular complexity index is 1060. The van der Waals surface area contributed by atoms with Crippen LogP contribution in [0.1, 0.15) is 10.4 Å². The van der Waals surface area contributed by atoms with Gasteiger partial charge < -0.3 is 9.88 Å². The molecule has 0 atom stereocenters. The van der Waals surface area contributed by atoms with Crippen molar-refractivity contribution in [3.05, 3.63) is 52.9 Å². The van der Waals surface area contributed by atoms with Crippen LogP contribution in [0.15, 0.2) is 52.2 Å². The molecule has 0 saturated carbocycles. The summed E-state index contributed by atoms with van der Waals surface area (Å²) in [6.45, 7) is 0. The molecule has 0 bridgehead atoms. The van der Waals surface area contributed by atoms with Crippen molar-refractivity contribution in [2.75, 3.05) is 5.32 Å². The molecule has 24 heavy (non-hydrogen) atoms. The smallest absolute Gasteiger partial charge is 0.255 e. The van der Waals surface area contributed by atoms with Crippen molar-refractivity contribution in [2.45, 2.75) is 4.90 Å². The number of fused-ring (bicyclic) bond motifs is 1. The lowest BCUT2D eigenvalue weighted by molar-refractivity contribution is 0.102. The van der Waals surface area contributed by atoms with Gasteiger partial charge in [-0.2, -0.15) is 0 Å². The number of carbonyl (C=O) groups excluding carboxylic acids is 1. The number of carbonyl (C=O) groups is 1. The summed E-state index contributed by atoms with van der Waals surface area (Å²) in [4.78, 5) is 16.3. The molecule has 2 aromatic heterocycles. The Hall–Kier alpha value is -2.23. The average molecular weight is 409 g/mol. The predicted octanol–water partition coefficient (Wildman–Crippen LogP) is 2.24. The minimum Gasteiger partial charge on any atom is -0.349 e. The highest BCUT2D eigenvalue weighted by Gasteiger charge is 2.17. The van der Waals surface area contributed by atoms with Gasteiger partial charge in [0, 0.05) is 41.6 Å². The highest BCUT2D eigenvalue weighted by atomic mass is 79.9. The number of pyridine rings is 1. The largest absolute Gasteiger partial charge is 0.349 e. The number of anilines is 1. The number of primary sulfonamides is 1. The lowest BCUT2D eigenvalue weighted by atomic mass is 10.2. The van der Waals surface area contributed by atoms with Crippen molar-refractivity contribution in [3.8, 4) is 0 Å². The number of amides is 1. The molecular weight excluding hydrogens is 396 g/mol. The molecule has 0 radical (unpaired) electrons. The number of nitrogens with two attached hydrogens (primary N) is 1. The summed E-state index contributed by atoms with van der Waals surface area (Å²) < 4.78 is 25.6. The molecule has 1 amide bonds. The van der Waals surface area contributed by atoms with Gasteiger partial charge in [-0.3, -0.25) is 4.79 Å². The number of halogens is 1. The summed E-state index contributed by atoms with van der Waals surface area (Å²) in [6.07, 6.45) is 2.96. The van der Waals surface area contributed by atoms with Gasteiger partial charge in [0.2, 0.25) is 10.0 Å². The summed E-state index contributed by atoms with van der Waals surface area (Å²) in [7, 11) is -2.13. The number of hydrogen-bond acceptors (Lipinski definition) is 4. The molecule has 0 aliphatic heterocycles. The Morgan fingerprint density at radius 2 is 2.04 bits per heavy atom. The number of rotatable bonds is 3. The van der Waals surface area contributed by atoms with E-state index >= 15 is 0 Å². The number of aryl methyl sites for hydroxylation is 1. The fraction of sp³-hybridized carbons (Fsp3) is 0.0667. The van der Waals surface area contributed by atoms with Crippen LogP contribution in [0.5, 0.6) is 0 Å². The van der Waals surface area contributed by atoms with E-state index in [1.165, 1.54) is 12.4 Å². The van der Waals surface area contributed by atoms with Crippen LogP contribution in [0.3, 0.4) is 0 Å². The zero-order chi connectivity index (χ0) is 17.5. The Labute approximate surface area is 146 Å². The highest BCUT2D eigenvalue weighted by Crippen LogP contribution is 2.27. The van der Waals surface area contributed by atoms with Crippen LogP contribution in [0.25, 0.3) is 10.9 Å². The molecule has 1 aromatic carbocycles. The molecule has 0 fully saturated rings.